The molecule has 0 bridgehead atoms. The second-order valence-electron chi connectivity index (χ2n) is 8.14. The Hall–Kier alpha value is -3.28. The zero-order valence-electron chi connectivity index (χ0n) is 19.7. The Labute approximate surface area is 222 Å². The normalized spacial score (nSPS) is 12.1. The maximum Gasteiger partial charge on any atom is 0.696 e. The summed E-state index contributed by atoms with van der Waals surface area (Å²) in [6.45, 7) is 1.14. The van der Waals surface area contributed by atoms with Crippen molar-refractivity contribution in [2.75, 3.05) is 10.5 Å². The molecule has 0 saturated heterocycles. The highest BCUT2D eigenvalue weighted by atomic mass is 35.5. The highest BCUT2D eigenvalue weighted by Crippen LogP contribution is 2.32. The van der Waals surface area contributed by atoms with Gasteiger partial charge in [-0.25, -0.2) is 22.2 Å². The first-order valence-electron chi connectivity index (χ1n) is 11.1. The Bertz CT molecular complexity index is 1660. The molecule has 1 atom stereocenters. The average Bonchev–Trinajstić information content (AvgIpc) is 3.23. The van der Waals surface area contributed by atoms with E-state index < -0.39 is 53.7 Å². The first kappa shape index (κ1) is 27.7. The molecule has 2 aromatic heterocycles. The molecule has 38 heavy (non-hydrogen) atoms. The number of carbonyl (C=O) groups excluding carboxylic acids is 1. The molecule has 2 aromatic carbocycles. The minimum atomic E-state index is -3.93. The monoisotopic (exact) mass is 582 g/mol. The number of nitrogens with one attached hydrogen (secondary N) is 1. The third-order valence-electron chi connectivity index (χ3n) is 5.50. The smallest absolute Gasteiger partial charge is 0.303 e. The minimum Gasteiger partial charge on any atom is -0.303 e. The van der Waals surface area contributed by atoms with E-state index in [4.69, 9.17) is 21.0 Å². The van der Waals surface area contributed by atoms with E-state index in [9.17, 15) is 22.2 Å². The first-order chi connectivity index (χ1) is 18.0. The van der Waals surface area contributed by atoms with E-state index in [0.717, 1.165) is 12.1 Å². The summed E-state index contributed by atoms with van der Waals surface area (Å²) in [6.07, 6.45) is 2.94. The molecule has 4 rings (SSSR count). The van der Waals surface area contributed by atoms with Crippen LogP contribution in [0.1, 0.15) is 29.3 Å². The molecule has 0 spiro atoms. The standard InChI is InChI=1S/C24H19ClF2N3O6PS/c1-2-9-38(34,35)29-20-8-7-19(26)21(22(20)27)23(31)18-12-30(13-36-37(32)33)24-17(18)10-15(11-28-24)14-3-5-16(25)6-4-14/h3-8,10-12,29H,2,9,13H2,1H3/p+1. The van der Waals surface area contributed by atoms with Crippen molar-refractivity contribution in [1.82, 2.24) is 9.55 Å². The molecule has 14 heteroatoms. The van der Waals surface area contributed by atoms with Gasteiger partial charge in [0.1, 0.15) is 11.5 Å². The van der Waals surface area contributed by atoms with Gasteiger partial charge in [-0.1, -0.05) is 35.2 Å². The second-order valence-corrected chi connectivity index (χ2v) is 11.2. The predicted molar refractivity (Wildman–Crippen MR) is 139 cm³/mol. The van der Waals surface area contributed by atoms with Crippen LogP contribution in [0.25, 0.3) is 22.2 Å². The summed E-state index contributed by atoms with van der Waals surface area (Å²) < 4.78 is 73.6. The van der Waals surface area contributed by atoms with Crippen molar-refractivity contribution >= 4 is 52.4 Å². The number of hydrogen-bond donors (Lipinski definition) is 2. The van der Waals surface area contributed by atoms with Crippen molar-refractivity contribution in [3.8, 4) is 11.1 Å². The first-order valence-corrected chi connectivity index (χ1v) is 14.2. The quantitative estimate of drug-likeness (QED) is 0.183. The molecule has 4 aromatic rings. The number of sulfonamides is 1. The largest absolute Gasteiger partial charge is 0.696 e. The van der Waals surface area contributed by atoms with Gasteiger partial charge in [-0.05, 0) is 42.3 Å². The number of pyridine rings is 1. The van der Waals surface area contributed by atoms with Crippen LogP contribution in [0.2, 0.25) is 5.02 Å². The van der Waals surface area contributed by atoms with Crippen molar-refractivity contribution in [3.05, 3.63) is 82.6 Å². The Kier molecular flexibility index (Phi) is 8.19. The van der Waals surface area contributed by atoms with Gasteiger partial charge in [0.05, 0.1) is 22.6 Å². The van der Waals surface area contributed by atoms with Crippen LogP contribution in [0, 0.1) is 11.6 Å². The third-order valence-corrected chi connectivity index (χ3v) is 7.56. The fourth-order valence-corrected chi connectivity index (χ4v) is 5.31. The average molecular weight is 583 g/mol. The van der Waals surface area contributed by atoms with E-state index in [-0.39, 0.29) is 28.8 Å². The van der Waals surface area contributed by atoms with Gasteiger partial charge in [-0.2, -0.15) is 0 Å². The number of nitrogens with zero attached hydrogens (tertiary/aromatic N) is 2. The highest BCUT2D eigenvalue weighted by molar-refractivity contribution is 7.92. The Morgan fingerprint density at radius 3 is 2.55 bits per heavy atom. The SMILES string of the molecule is CCCS(=O)(=O)Nc1ccc(F)c(C(=O)c2cn(CO[P+](=O)O)c3ncc(-c4ccc(Cl)cc4)cc23)c1F. The van der Waals surface area contributed by atoms with Crippen molar-refractivity contribution in [3.63, 3.8) is 0 Å². The number of fused-ring (bicyclic) bond motifs is 1. The highest BCUT2D eigenvalue weighted by Gasteiger charge is 2.27. The van der Waals surface area contributed by atoms with Crippen LogP contribution in [0.5, 0.6) is 0 Å². The summed E-state index contributed by atoms with van der Waals surface area (Å²) in [6, 6.07) is 9.99. The van der Waals surface area contributed by atoms with Crippen LogP contribution in [-0.4, -0.2) is 34.4 Å². The van der Waals surface area contributed by atoms with Gasteiger partial charge in [0, 0.05) is 32.9 Å². The zero-order valence-corrected chi connectivity index (χ0v) is 22.2. The minimum absolute atomic E-state index is 0.142. The summed E-state index contributed by atoms with van der Waals surface area (Å²) in [5.41, 5.74) is -0.360. The number of hydrogen-bond acceptors (Lipinski definition) is 6. The number of rotatable bonds is 10. The van der Waals surface area contributed by atoms with Crippen LogP contribution in [0.3, 0.4) is 0 Å². The van der Waals surface area contributed by atoms with Crippen LogP contribution < -0.4 is 4.72 Å². The van der Waals surface area contributed by atoms with E-state index in [1.165, 1.54) is 17.0 Å². The van der Waals surface area contributed by atoms with Crippen LogP contribution in [-0.2, 0) is 25.8 Å². The molecule has 0 saturated carbocycles. The van der Waals surface area contributed by atoms with Crippen molar-refractivity contribution in [1.29, 1.82) is 0 Å². The van der Waals surface area contributed by atoms with Crippen LogP contribution >= 0.6 is 19.9 Å². The number of halogens is 3. The third kappa shape index (κ3) is 5.90. The Morgan fingerprint density at radius 1 is 1.18 bits per heavy atom. The van der Waals surface area contributed by atoms with E-state index in [1.807, 2.05) is 4.72 Å². The summed E-state index contributed by atoms with van der Waals surface area (Å²) in [5, 5.41) is 0.676. The molecule has 198 valence electrons. The Morgan fingerprint density at radius 2 is 1.89 bits per heavy atom. The zero-order chi connectivity index (χ0) is 27.6. The van der Waals surface area contributed by atoms with Crippen molar-refractivity contribution < 1.29 is 36.0 Å². The molecule has 0 aliphatic rings. The molecule has 0 aliphatic carbocycles. The Balaban J connectivity index is 1.86. The molecule has 0 aliphatic heterocycles. The number of ketones is 1. The number of carbonyl (C=O) groups is 1. The molecule has 1 unspecified atom stereocenters. The molecule has 0 radical (unpaired) electrons. The molecular weight excluding hydrogens is 563 g/mol. The number of anilines is 1. The summed E-state index contributed by atoms with van der Waals surface area (Å²) in [4.78, 5) is 26.9. The molecule has 9 nitrogen and oxygen atoms in total. The maximum absolute atomic E-state index is 15.4. The lowest BCUT2D eigenvalue weighted by Crippen LogP contribution is -2.18. The van der Waals surface area contributed by atoms with E-state index in [1.54, 1.807) is 37.3 Å². The van der Waals surface area contributed by atoms with Gasteiger partial charge in [0.2, 0.25) is 15.8 Å². The number of benzene rings is 2. The number of aromatic nitrogens is 2. The van der Waals surface area contributed by atoms with Gasteiger partial charge in [-0.3, -0.25) is 9.52 Å². The lowest BCUT2D eigenvalue weighted by Gasteiger charge is -2.11. The molecule has 0 amide bonds. The van der Waals surface area contributed by atoms with Gasteiger partial charge in [0.15, 0.2) is 12.5 Å². The van der Waals surface area contributed by atoms with Gasteiger partial charge in [-0.15, -0.1) is 4.89 Å². The van der Waals surface area contributed by atoms with Gasteiger partial charge in [0.25, 0.3) is 0 Å². The van der Waals surface area contributed by atoms with Crippen molar-refractivity contribution in [2.24, 2.45) is 0 Å². The van der Waals surface area contributed by atoms with E-state index in [0.29, 0.717) is 16.1 Å². The fourth-order valence-electron chi connectivity index (χ4n) is 3.82. The lowest BCUT2D eigenvalue weighted by molar-refractivity contribution is 0.103. The lowest BCUT2D eigenvalue weighted by atomic mass is 10.00. The maximum atomic E-state index is 15.4. The topological polar surface area (TPSA) is 128 Å². The van der Waals surface area contributed by atoms with Gasteiger partial charge < -0.3 is 4.57 Å². The van der Waals surface area contributed by atoms with Crippen LogP contribution in [0.4, 0.5) is 14.5 Å². The predicted octanol–water partition coefficient (Wildman–Crippen LogP) is 5.64. The summed E-state index contributed by atoms with van der Waals surface area (Å²) >= 11 is 5.96. The molecule has 0 fully saturated rings. The molecule has 2 heterocycles. The molecule has 2 N–H and O–H groups in total. The second kappa shape index (κ2) is 11.2. The van der Waals surface area contributed by atoms with E-state index >= 15 is 4.39 Å². The van der Waals surface area contributed by atoms with Crippen LogP contribution in [0.15, 0.2) is 54.9 Å². The van der Waals surface area contributed by atoms with E-state index in [2.05, 4.69) is 4.98 Å². The summed E-state index contributed by atoms with van der Waals surface area (Å²) in [5.74, 6) is -3.98. The molecular formula is C24H20ClF2N3O6PS+. The van der Waals surface area contributed by atoms with Gasteiger partial charge >= 0.3 is 8.25 Å². The van der Waals surface area contributed by atoms with Crippen molar-refractivity contribution in [2.45, 2.75) is 20.1 Å². The summed E-state index contributed by atoms with van der Waals surface area (Å²) in [7, 11) is -6.92. The fraction of sp³-hybridized carbons (Fsp3) is 0.167.